The van der Waals surface area contributed by atoms with E-state index in [2.05, 4.69) is 240 Å². The molecule has 0 spiro atoms. The summed E-state index contributed by atoms with van der Waals surface area (Å²) in [6.45, 7) is 69.0. The average molecular weight is 1420 g/mol. The average Bonchev–Trinajstić information content (AvgIpc) is 1.61. The van der Waals surface area contributed by atoms with Gasteiger partial charge in [-0.1, -0.05) is 137 Å². The van der Waals surface area contributed by atoms with Crippen molar-refractivity contribution >= 4 is 95.5 Å². The molecule has 93 heavy (non-hydrogen) atoms. The predicted octanol–water partition coefficient (Wildman–Crippen LogP) is 16.9. The predicted molar refractivity (Wildman–Crippen MR) is 394 cm³/mol. The van der Waals surface area contributed by atoms with Gasteiger partial charge in [0.1, 0.15) is 47.9 Å². The van der Waals surface area contributed by atoms with Crippen LogP contribution >= 0.6 is 11.6 Å². The number of nitrogens with two attached hydrogens (primary N) is 2. The highest BCUT2D eigenvalue weighted by Crippen LogP contribution is 2.50. The Hall–Kier alpha value is -3.21. The van der Waals surface area contributed by atoms with Crippen LogP contribution in [0.2, 0.25) is 114 Å². The molecule has 2 saturated heterocycles. The first-order valence-electron chi connectivity index (χ1n) is 33.3. The zero-order valence-electron chi connectivity index (χ0n) is 62.8. The van der Waals surface area contributed by atoms with Gasteiger partial charge in [-0.25, -0.2) is 9.97 Å². The highest BCUT2D eigenvalue weighted by molar-refractivity contribution is 6.76. The zero-order chi connectivity index (χ0) is 70.6. The van der Waals surface area contributed by atoms with E-state index in [4.69, 9.17) is 73.6 Å². The molecule has 5 aromatic rings. The molecule has 7 rings (SSSR count). The van der Waals surface area contributed by atoms with Gasteiger partial charge in [-0.15, -0.1) is 0 Å². The van der Waals surface area contributed by atoms with Crippen molar-refractivity contribution < 1.29 is 45.5 Å². The lowest BCUT2D eigenvalue weighted by atomic mass is 10.1. The second-order valence-electron chi connectivity index (χ2n) is 34.9. The summed E-state index contributed by atoms with van der Waals surface area (Å²) in [5, 5.41) is 0.0481. The van der Waals surface area contributed by atoms with Crippen LogP contribution in [-0.4, -0.2) is 152 Å². The second-order valence-corrected chi connectivity index (χ2v) is 63.8. The molecule has 8 atom stereocenters. The molecule has 4 aromatic heterocycles. The first kappa shape index (κ1) is 78.8. The number of nitrogens with zero attached hydrogens (tertiary/aromatic N) is 8. The van der Waals surface area contributed by atoms with Crippen LogP contribution in [0.25, 0.3) is 22.3 Å². The van der Waals surface area contributed by atoms with Crippen molar-refractivity contribution in [2.45, 2.75) is 295 Å². The Kier molecular flexibility index (Phi) is 23.9. The number of ether oxygens (including phenoxy) is 4. The number of methoxy groups -OCH3 is 1. The van der Waals surface area contributed by atoms with Gasteiger partial charge in [-0.3, -0.25) is 9.13 Å². The number of halogens is 1. The van der Waals surface area contributed by atoms with Gasteiger partial charge in [0.25, 0.3) is 0 Å². The lowest BCUT2D eigenvalue weighted by Gasteiger charge is -2.44. The lowest BCUT2D eigenvalue weighted by Crippen LogP contribution is -2.54. The molecule has 0 aliphatic carbocycles. The van der Waals surface area contributed by atoms with Gasteiger partial charge in [0.2, 0.25) is 5.28 Å². The standard InChI is InChI=1S/C38H67N5O6Si3.C28H54ClN5O4Si3/c1-36(2,3)50(11,12)46-24-28-30(48-51(13,14)37(4,5)6)31(49-52(15,16)38(7,8)9)34(47-28)43-25-40-29-32(39)41-35(42-33(29)43)45-23-17-18-26-19-21-27(44-10)22-20-26;1-26(2,3)39(10,11)35-16-18-20(37-40(12,13)27(4,5)6)21(38-41(14,15)28(7,8)9)24(36-18)34-17-31-19-22(30)32-25(29)33-23(19)34/h19-22,25,28,30-31,34H,17-18,23-24H2,1-16H3,(H2,39,41,42);17-18,20-21,24H,16H2,1-15H3,(H2,30,32,33)/t28-,30-,31-,34-;18-,20-,21-,24-/m11/s1. The summed E-state index contributed by atoms with van der Waals surface area (Å²) in [5.41, 5.74) is 15.9. The molecule has 526 valence electrons. The molecule has 0 bridgehead atoms. The maximum absolute atomic E-state index is 7.35. The number of rotatable bonds is 22. The van der Waals surface area contributed by atoms with Gasteiger partial charge >= 0.3 is 6.01 Å². The van der Waals surface area contributed by atoms with E-state index >= 15 is 0 Å². The minimum atomic E-state index is -2.35. The number of hydrogen-bond donors (Lipinski definition) is 2. The SMILES string of the molecule is CC(C)(C)[Si](C)(C)OC[C@H]1O[C@@H](n2cnc3c(N)nc(Cl)nc32)[C@H](O[Si](C)(C)C(C)(C)C)[C@@H]1O[Si](C)(C)C(C)(C)C.COc1ccc(CCCOc2nc(N)c3ncn([C@@H]4O[C@H](CO[Si](C)(C)C(C)(C)C)[C@@H](O[Si](C)(C)C(C)(C)C)[C@H]4O[Si](C)(C)C(C)(C)C)c3n2)cc1. The molecule has 0 radical (unpaired) electrons. The molecule has 1 aromatic carbocycles. The summed E-state index contributed by atoms with van der Waals surface area (Å²) in [4.78, 5) is 27.1. The van der Waals surface area contributed by atoms with Crippen molar-refractivity contribution in [1.29, 1.82) is 0 Å². The summed E-state index contributed by atoms with van der Waals surface area (Å²) in [5.74, 6) is 1.32. The lowest BCUT2D eigenvalue weighted by molar-refractivity contribution is -0.0470. The summed E-state index contributed by atoms with van der Waals surface area (Å²) >= 11 is 6.26. The molecule has 4 N–H and O–H groups in total. The van der Waals surface area contributed by atoms with Crippen LogP contribution in [0.3, 0.4) is 0 Å². The number of imidazole rings is 2. The highest BCUT2D eigenvalue weighted by atomic mass is 35.5. The van der Waals surface area contributed by atoms with Crippen LogP contribution < -0.4 is 20.9 Å². The fraction of sp³-hybridized carbons (Fsp3) is 0.758. The van der Waals surface area contributed by atoms with E-state index in [0.29, 0.717) is 42.1 Å². The molecule has 0 amide bonds. The van der Waals surface area contributed by atoms with Gasteiger partial charge in [0.15, 0.2) is 90.8 Å². The van der Waals surface area contributed by atoms with Gasteiger partial charge in [0, 0.05) is 0 Å². The Labute approximate surface area is 569 Å². The van der Waals surface area contributed by atoms with Crippen molar-refractivity contribution in [3.63, 3.8) is 0 Å². The van der Waals surface area contributed by atoms with Crippen LogP contribution in [0, 0.1) is 0 Å². The van der Waals surface area contributed by atoms with Crippen LogP contribution in [0.4, 0.5) is 11.6 Å². The van der Waals surface area contributed by atoms with E-state index in [1.165, 1.54) is 5.56 Å². The van der Waals surface area contributed by atoms with Crippen LogP contribution in [0.1, 0.15) is 149 Å². The first-order chi connectivity index (χ1) is 42.1. The van der Waals surface area contributed by atoms with E-state index in [1.807, 2.05) is 21.3 Å². The van der Waals surface area contributed by atoms with Crippen molar-refractivity contribution in [3.8, 4) is 11.8 Å². The molecular weight excluding hydrogens is 1300 g/mol. The van der Waals surface area contributed by atoms with E-state index in [0.717, 1.165) is 18.6 Å². The third kappa shape index (κ3) is 18.2. The van der Waals surface area contributed by atoms with E-state index < -0.39 is 74.6 Å². The minimum Gasteiger partial charge on any atom is -0.497 e. The molecule has 6 heterocycles. The number of nitrogen functional groups attached to an aromatic ring is 2. The second kappa shape index (κ2) is 28.2. The fourth-order valence-electron chi connectivity index (χ4n) is 9.25. The Bertz CT molecular complexity index is 3310. The molecule has 2 fully saturated rings. The minimum absolute atomic E-state index is 0.00560. The smallest absolute Gasteiger partial charge is 0.320 e. The number of anilines is 2. The molecule has 2 aliphatic rings. The summed E-state index contributed by atoms with van der Waals surface area (Å²) in [6.07, 6.45) is 1.53. The topological polar surface area (TPSA) is 232 Å². The number of benzene rings is 1. The van der Waals surface area contributed by atoms with Crippen LogP contribution in [0.15, 0.2) is 36.9 Å². The largest absolute Gasteiger partial charge is 0.497 e. The number of aryl methyl sites for hydroxylation is 1. The molecule has 2 aliphatic heterocycles. The third-order valence-electron chi connectivity index (χ3n) is 21.7. The first-order valence-corrected chi connectivity index (χ1v) is 51.1. The molecule has 27 heteroatoms. The number of fused-ring (bicyclic) bond motifs is 2. The third-order valence-corrected chi connectivity index (χ3v) is 48.8. The molecule has 0 saturated carbocycles. The maximum atomic E-state index is 7.35. The van der Waals surface area contributed by atoms with Crippen LogP contribution in [-0.2, 0) is 42.5 Å². The van der Waals surface area contributed by atoms with Crippen molar-refractivity contribution in [2.24, 2.45) is 0 Å². The van der Waals surface area contributed by atoms with E-state index in [-0.39, 0.29) is 77.6 Å². The molecule has 20 nitrogen and oxygen atoms in total. The maximum Gasteiger partial charge on any atom is 0.320 e. The highest BCUT2D eigenvalue weighted by Gasteiger charge is 2.58. The van der Waals surface area contributed by atoms with Crippen molar-refractivity contribution in [3.05, 3.63) is 47.8 Å². The van der Waals surface area contributed by atoms with Gasteiger partial charge in [-0.05, 0) is 151 Å². The van der Waals surface area contributed by atoms with Gasteiger partial charge < -0.3 is 57.0 Å². The molecular formula is C66H121ClN10O10Si6. The Morgan fingerprint density at radius 1 is 0.473 bits per heavy atom. The fourth-order valence-corrected chi connectivity index (χ4v) is 16.7. The van der Waals surface area contributed by atoms with Gasteiger partial charge in [0.05, 0.1) is 39.6 Å². The molecule has 0 unspecified atom stereocenters. The zero-order valence-corrected chi connectivity index (χ0v) is 69.6. The Balaban J connectivity index is 0.000000304. The summed E-state index contributed by atoms with van der Waals surface area (Å²) < 4.78 is 71.9. The van der Waals surface area contributed by atoms with Crippen molar-refractivity contribution in [2.75, 3.05) is 38.4 Å². The number of aromatic nitrogens is 8. The summed E-state index contributed by atoms with van der Waals surface area (Å²) in [7, 11) is -11.7. The van der Waals surface area contributed by atoms with Crippen molar-refractivity contribution in [1.82, 2.24) is 39.0 Å². The van der Waals surface area contributed by atoms with Gasteiger partial charge in [-0.2, -0.15) is 19.9 Å². The van der Waals surface area contributed by atoms with Crippen LogP contribution in [0.5, 0.6) is 11.8 Å². The van der Waals surface area contributed by atoms with E-state index in [9.17, 15) is 0 Å². The monoisotopic (exact) mass is 1420 g/mol. The Morgan fingerprint density at radius 2 is 0.817 bits per heavy atom. The quantitative estimate of drug-likeness (QED) is 0.0372. The van der Waals surface area contributed by atoms with E-state index in [1.54, 1.807) is 19.8 Å². The summed E-state index contributed by atoms with van der Waals surface area (Å²) in [6, 6.07) is 8.26. The Morgan fingerprint density at radius 3 is 1.17 bits per heavy atom. The number of hydrogen-bond acceptors (Lipinski definition) is 18. The normalized spacial score (nSPS) is 22.0.